The molecule has 1 N–H and O–H groups in total. The van der Waals surface area contributed by atoms with Crippen molar-refractivity contribution in [1.29, 1.82) is 5.26 Å². The second kappa shape index (κ2) is 4.52. The minimum atomic E-state index is -0.790. The van der Waals surface area contributed by atoms with Crippen molar-refractivity contribution in [2.75, 3.05) is 18.0 Å². The zero-order chi connectivity index (χ0) is 14.2. The molecule has 0 aromatic heterocycles. The Morgan fingerprint density at radius 3 is 2.63 bits per heavy atom. The first-order valence-electron chi connectivity index (χ1n) is 6.03. The third-order valence-corrected chi connectivity index (χ3v) is 3.65. The van der Waals surface area contributed by atoms with E-state index in [1.165, 1.54) is 6.07 Å². The van der Waals surface area contributed by atoms with Gasteiger partial charge in [-0.3, -0.25) is 10.1 Å². The Bertz CT molecular complexity index is 557. The normalized spacial score (nSPS) is 16.9. The fourth-order valence-corrected chi connectivity index (χ4v) is 2.16. The topological polar surface area (TPSA) is 90.4 Å². The molecule has 1 aliphatic heterocycles. The van der Waals surface area contributed by atoms with Gasteiger partial charge in [0.2, 0.25) is 0 Å². The van der Waals surface area contributed by atoms with Gasteiger partial charge in [-0.2, -0.15) is 5.26 Å². The van der Waals surface area contributed by atoms with E-state index in [0.29, 0.717) is 18.8 Å². The molecule has 1 fully saturated rings. The molecular formula is C13H15N3O3. The van der Waals surface area contributed by atoms with Crippen molar-refractivity contribution < 1.29 is 10.0 Å². The summed E-state index contributed by atoms with van der Waals surface area (Å²) in [7, 11) is 0. The average molecular weight is 261 g/mol. The molecule has 0 saturated carbocycles. The number of rotatable bonds is 3. The number of nitrogens with zero attached hydrogens (tertiary/aromatic N) is 3. The molecule has 0 radical (unpaired) electrons. The summed E-state index contributed by atoms with van der Waals surface area (Å²) in [5, 5.41) is 30.0. The summed E-state index contributed by atoms with van der Waals surface area (Å²) in [4.78, 5) is 12.3. The predicted octanol–water partition coefficient (Wildman–Crippen LogP) is 1.67. The van der Waals surface area contributed by atoms with Crippen molar-refractivity contribution in [1.82, 2.24) is 0 Å². The van der Waals surface area contributed by atoms with Gasteiger partial charge in [-0.15, -0.1) is 0 Å². The standard InChI is InChI=1S/C13H15N3O3/c1-9(2)13(17)7-15(8-13)11-4-3-10(6-14)5-12(11)16(18)19/h3-5,9,17H,7-8H2,1-2H3. The first-order chi connectivity index (χ1) is 8.87. The lowest BCUT2D eigenvalue weighted by Gasteiger charge is -2.50. The number of nitro groups is 1. The van der Waals surface area contributed by atoms with Crippen LogP contribution >= 0.6 is 0 Å². The quantitative estimate of drug-likeness (QED) is 0.660. The molecule has 0 aliphatic carbocycles. The van der Waals surface area contributed by atoms with Crippen LogP contribution in [0.15, 0.2) is 18.2 Å². The highest BCUT2D eigenvalue weighted by atomic mass is 16.6. The van der Waals surface area contributed by atoms with Crippen molar-refractivity contribution in [3.05, 3.63) is 33.9 Å². The number of nitro benzene ring substituents is 1. The van der Waals surface area contributed by atoms with Gasteiger partial charge in [0.05, 0.1) is 16.6 Å². The van der Waals surface area contributed by atoms with Crippen molar-refractivity contribution in [3.63, 3.8) is 0 Å². The van der Waals surface area contributed by atoms with E-state index in [4.69, 9.17) is 5.26 Å². The summed E-state index contributed by atoms with van der Waals surface area (Å²) in [5.74, 6) is 0.0983. The van der Waals surface area contributed by atoms with Crippen LogP contribution in [0.2, 0.25) is 0 Å². The maximum Gasteiger partial charge on any atom is 0.293 e. The van der Waals surface area contributed by atoms with Gasteiger partial charge in [-0.25, -0.2) is 0 Å². The van der Waals surface area contributed by atoms with E-state index in [1.807, 2.05) is 19.9 Å². The maximum absolute atomic E-state index is 11.0. The summed E-state index contributed by atoms with van der Waals surface area (Å²) < 4.78 is 0. The van der Waals surface area contributed by atoms with Crippen LogP contribution in [0.5, 0.6) is 0 Å². The molecule has 0 amide bonds. The fourth-order valence-electron chi connectivity index (χ4n) is 2.16. The van der Waals surface area contributed by atoms with Crippen molar-refractivity contribution in [3.8, 4) is 6.07 Å². The van der Waals surface area contributed by atoms with Crippen molar-refractivity contribution >= 4 is 11.4 Å². The lowest BCUT2D eigenvalue weighted by atomic mass is 9.82. The molecule has 0 bridgehead atoms. The SMILES string of the molecule is CC(C)C1(O)CN(c2ccc(C#N)cc2[N+](=O)[O-])C1. The molecule has 1 aliphatic rings. The van der Waals surface area contributed by atoms with E-state index in [9.17, 15) is 15.2 Å². The molecule has 1 aromatic rings. The second-order valence-electron chi connectivity index (χ2n) is 5.19. The molecular weight excluding hydrogens is 246 g/mol. The van der Waals surface area contributed by atoms with E-state index >= 15 is 0 Å². The van der Waals surface area contributed by atoms with Crippen LogP contribution in [-0.4, -0.2) is 28.7 Å². The molecule has 6 nitrogen and oxygen atoms in total. The van der Waals surface area contributed by atoms with Gasteiger partial charge in [0.25, 0.3) is 5.69 Å². The summed E-state index contributed by atoms with van der Waals surface area (Å²) in [6.45, 7) is 4.59. The van der Waals surface area contributed by atoms with E-state index in [2.05, 4.69) is 0 Å². The van der Waals surface area contributed by atoms with Crippen LogP contribution in [0, 0.1) is 27.4 Å². The molecule has 100 valence electrons. The zero-order valence-corrected chi connectivity index (χ0v) is 10.8. The molecule has 0 atom stereocenters. The van der Waals surface area contributed by atoms with E-state index < -0.39 is 10.5 Å². The molecule has 0 unspecified atom stereocenters. The molecule has 0 spiro atoms. The minimum absolute atomic E-state index is 0.0927. The number of benzene rings is 1. The van der Waals surface area contributed by atoms with Crippen LogP contribution in [0.3, 0.4) is 0 Å². The molecule has 1 heterocycles. The summed E-state index contributed by atoms with van der Waals surface area (Å²) in [5.41, 5.74) is -0.170. The van der Waals surface area contributed by atoms with Crippen molar-refractivity contribution in [2.45, 2.75) is 19.4 Å². The van der Waals surface area contributed by atoms with E-state index in [-0.39, 0.29) is 17.2 Å². The predicted molar refractivity (Wildman–Crippen MR) is 69.8 cm³/mol. The molecule has 6 heteroatoms. The largest absolute Gasteiger partial charge is 0.386 e. The first kappa shape index (κ1) is 13.3. The Morgan fingerprint density at radius 2 is 2.16 bits per heavy atom. The highest BCUT2D eigenvalue weighted by molar-refractivity contribution is 5.67. The average Bonchev–Trinajstić information content (AvgIpc) is 2.33. The Morgan fingerprint density at radius 1 is 1.53 bits per heavy atom. The van der Waals surface area contributed by atoms with Gasteiger partial charge < -0.3 is 10.0 Å². The first-order valence-corrected chi connectivity index (χ1v) is 6.03. The maximum atomic E-state index is 11.0. The van der Waals surface area contributed by atoms with Crippen LogP contribution < -0.4 is 4.90 Å². The van der Waals surface area contributed by atoms with Crippen LogP contribution in [-0.2, 0) is 0 Å². The number of nitriles is 1. The van der Waals surface area contributed by atoms with Gasteiger partial charge >= 0.3 is 0 Å². The van der Waals surface area contributed by atoms with E-state index in [1.54, 1.807) is 17.0 Å². The van der Waals surface area contributed by atoms with Crippen LogP contribution in [0.1, 0.15) is 19.4 Å². The minimum Gasteiger partial charge on any atom is -0.386 e. The Hall–Kier alpha value is -2.13. The Kier molecular flexibility index (Phi) is 3.16. The lowest BCUT2D eigenvalue weighted by Crippen LogP contribution is -2.64. The summed E-state index contributed by atoms with van der Waals surface area (Å²) in [6.07, 6.45) is 0. The van der Waals surface area contributed by atoms with Crippen molar-refractivity contribution in [2.24, 2.45) is 5.92 Å². The van der Waals surface area contributed by atoms with Gasteiger partial charge in [0, 0.05) is 19.2 Å². The third-order valence-electron chi connectivity index (χ3n) is 3.65. The summed E-state index contributed by atoms with van der Waals surface area (Å²) >= 11 is 0. The molecule has 19 heavy (non-hydrogen) atoms. The van der Waals surface area contributed by atoms with Crippen LogP contribution in [0.25, 0.3) is 0 Å². The number of hydrogen-bond acceptors (Lipinski definition) is 5. The smallest absolute Gasteiger partial charge is 0.293 e. The monoisotopic (exact) mass is 261 g/mol. The van der Waals surface area contributed by atoms with E-state index in [0.717, 1.165) is 0 Å². The van der Waals surface area contributed by atoms with Gasteiger partial charge in [0.1, 0.15) is 11.3 Å². The Balaban J connectivity index is 2.28. The number of hydrogen-bond donors (Lipinski definition) is 1. The molecule has 1 saturated heterocycles. The highest BCUT2D eigenvalue weighted by Gasteiger charge is 2.45. The second-order valence-corrected chi connectivity index (χ2v) is 5.19. The van der Waals surface area contributed by atoms with Gasteiger partial charge in [0.15, 0.2) is 0 Å². The van der Waals surface area contributed by atoms with Crippen LogP contribution in [0.4, 0.5) is 11.4 Å². The van der Waals surface area contributed by atoms with Gasteiger partial charge in [-0.1, -0.05) is 13.8 Å². The number of anilines is 1. The molecule has 1 aromatic carbocycles. The zero-order valence-electron chi connectivity index (χ0n) is 10.8. The lowest BCUT2D eigenvalue weighted by molar-refractivity contribution is -0.384. The Labute approximate surface area is 111 Å². The highest BCUT2D eigenvalue weighted by Crippen LogP contribution is 2.37. The number of β-amino-alcohol motifs (C(OH)–C–C–N with tert-alkyl or cyclic N) is 1. The molecule has 2 rings (SSSR count). The summed E-state index contributed by atoms with van der Waals surface area (Å²) in [6, 6.07) is 6.27. The number of aliphatic hydroxyl groups is 1. The van der Waals surface area contributed by atoms with Gasteiger partial charge in [-0.05, 0) is 18.1 Å². The third kappa shape index (κ3) is 2.25. The fraction of sp³-hybridized carbons (Fsp3) is 0.462.